The van der Waals surface area contributed by atoms with E-state index in [0.29, 0.717) is 11.1 Å². The first-order valence-electron chi connectivity index (χ1n) is 6.08. The molecule has 0 aliphatic rings. The molecule has 2 aromatic carbocycles. The second-order valence-electron chi connectivity index (χ2n) is 4.50. The second-order valence-corrected chi connectivity index (χ2v) is 4.50. The quantitative estimate of drug-likeness (QED) is 0.787. The van der Waals surface area contributed by atoms with Gasteiger partial charge in [-0.2, -0.15) is 0 Å². The van der Waals surface area contributed by atoms with Crippen LogP contribution in [0.1, 0.15) is 15.9 Å². The highest BCUT2D eigenvalue weighted by atomic mass is 16.5. The van der Waals surface area contributed by atoms with E-state index in [2.05, 4.69) is 0 Å². The monoisotopic (exact) mass is 255 g/mol. The van der Waals surface area contributed by atoms with E-state index in [9.17, 15) is 4.79 Å². The third-order valence-corrected chi connectivity index (χ3v) is 2.98. The lowest BCUT2D eigenvalue weighted by Gasteiger charge is -2.13. The number of methoxy groups -OCH3 is 1. The Labute approximate surface area is 113 Å². The Morgan fingerprint density at radius 1 is 1.00 bits per heavy atom. The Morgan fingerprint density at radius 3 is 2.26 bits per heavy atom. The number of nitrogens with zero attached hydrogens (tertiary/aromatic N) is 1. The van der Waals surface area contributed by atoms with Gasteiger partial charge in [-0.3, -0.25) is 4.79 Å². The van der Waals surface area contributed by atoms with Crippen LogP contribution < -0.4 is 9.64 Å². The number of benzene rings is 2. The van der Waals surface area contributed by atoms with Crippen LogP contribution in [-0.2, 0) is 0 Å². The number of ether oxygens (including phenoxy) is 1. The zero-order valence-corrected chi connectivity index (χ0v) is 11.4. The molecular weight excluding hydrogens is 238 g/mol. The van der Waals surface area contributed by atoms with E-state index in [-0.39, 0.29) is 5.78 Å². The van der Waals surface area contributed by atoms with Gasteiger partial charge in [0.1, 0.15) is 5.75 Å². The fourth-order valence-corrected chi connectivity index (χ4v) is 1.83. The van der Waals surface area contributed by atoms with E-state index in [1.54, 1.807) is 31.4 Å². The van der Waals surface area contributed by atoms with Crippen molar-refractivity contribution in [3.63, 3.8) is 0 Å². The zero-order valence-electron chi connectivity index (χ0n) is 11.4. The largest absolute Gasteiger partial charge is 0.497 e. The van der Waals surface area contributed by atoms with Crippen molar-refractivity contribution in [1.29, 1.82) is 0 Å². The summed E-state index contributed by atoms with van der Waals surface area (Å²) in [5.74, 6) is 0.768. The van der Waals surface area contributed by atoms with E-state index >= 15 is 0 Å². The van der Waals surface area contributed by atoms with Crippen molar-refractivity contribution in [2.24, 2.45) is 0 Å². The molecule has 0 heterocycles. The lowest BCUT2D eigenvalue weighted by Crippen LogP contribution is -2.10. The number of hydrogen-bond acceptors (Lipinski definition) is 3. The molecule has 0 bridgehead atoms. The molecule has 0 spiro atoms. The standard InChI is InChI=1S/C16H17NO2/c1-17(2)14-6-4-5-13(11-14)16(18)12-7-9-15(19-3)10-8-12/h4-11H,1-3H3. The van der Waals surface area contributed by atoms with Crippen molar-refractivity contribution in [3.8, 4) is 5.75 Å². The topological polar surface area (TPSA) is 29.5 Å². The molecule has 0 radical (unpaired) electrons. The van der Waals surface area contributed by atoms with Gasteiger partial charge in [0.15, 0.2) is 5.78 Å². The summed E-state index contributed by atoms with van der Waals surface area (Å²) in [6.45, 7) is 0. The first-order chi connectivity index (χ1) is 9.11. The number of anilines is 1. The highest BCUT2D eigenvalue weighted by Crippen LogP contribution is 2.18. The van der Waals surface area contributed by atoms with Crippen LogP contribution in [0.5, 0.6) is 5.75 Å². The van der Waals surface area contributed by atoms with Crippen LogP contribution in [0.15, 0.2) is 48.5 Å². The number of rotatable bonds is 4. The summed E-state index contributed by atoms with van der Waals surface area (Å²) in [5, 5.41) is 0. The highest BCUT2D eigenvalue weighted by Gasteiger charge is 2.10. The normalized spacial score (nSPS) is 10.1. The Kier molecular flexibility index (Phi) is 3.85. The molecule has 2 rings (SSSR count). The molecule has 0 atom stereocenters. The Hall–Kier alpha value is -2.29. The molecule has 0 amide bonds. The van der Waals surface area contributed by atoms with Crippen molar-refractivity contribution in [2.75, 3.05) is 26.1 Å². The number of ketones is 1. The summed E-state index contributed by atoms with van der Waals surface area (Å²) in [5.41, 5.74) is 2.37. The Bertz CT molecular complexity index is 574. The van der Waals surface area contributed by atoms with Gasteiger partial charge in [0.2, 0.25) is 0 Å². The predicted molar refractivity (Wildman–Crippen MR) is 77.2 cm³/mol. The molecule has 0 fully saturated rings. The predicted octanol–water partition coefficient (Wildman–Crippen LogP) is 2.99. The molecule has 2 aromatic rings. The minimum Gasteiger partial charge on any atom is -0.497 e. The average Bonchev–Trinajstić information content (AvgIpc) is 2.46. The third kappa shape index (κ3) is 2.94. The summed E-state index contributed by atoms with van der Waals surface area (Å²) >= 11 is 0. The minimum absolute atomic E-state index is 0.0198. The molecule has 98 valence electrons. The van der Waals surface area contributed by atoms with Gasteiger partial charge in [-0.05, 0) is 36.4 Å². The van der Waals surface area contributed by atoms with Crippen LogP contribution in [0.4, 0.5) is 5.69 Å². The molecule has 3 heteroatoms. The van der Waals surface area contributed by atoms with Crippen LogP contribution in [0, 0.1) is 0 Å². The lowest BCUT2D eigenvalue weighted by atomic mass is 10.0. The average molecular weight is 255 g/mol. The van der Waals surface area contributed by atoms with Gasteiger partial charge in [0.05, 0.1) is 7.11 Å². The summed E-state index contributed by atoms with van der Waals surface area (Å²) in [6, 6.07) is 14.8. The molecule has 0 aliphatic carbocycles. The molecule has 3 nitrogen and oxygen atoms in total. The van der Waals surface area contributed by atoms with Crippen LogP contribution in [0.3, 0.4) is 0 Å². The number of carbonyl (C=O) groups is 1. The van der Waals surface area contributed by atoms with Gasteiger partial charge in [0.25, 0.3) is 0 Å². The maximum atomic E-state index is 12.4. The number of carbonyl (C=O) groups excluding carboxylic acids is 1. The minimum atomic E-state index is 0.0198. The van der Waals surface area contributed by atoms with Gasteiger partial charge in [-0.1, -0.05) is 12.1 Å². The van der Waals surface area contributed by atoms with Crippen molar-refractivity contribution in [1.82, 2.24) is 0 Å². The van der Waals surface area contributed by atoms with Crippen LogP contribution in [-0.4, -0.2) is 27.0 Å². The van der Waals surface area contributed by atoms with E-state index in [1.807, 2.05) is 43.3 Å². The second kappa shape index (κ2) is 5.57. The molecular formula is C16H17NO2. The van der Waals surface area contributed by atoms with Crippen molar-refractivity contribution in [2.45, 2.75) is 0 Å². The fraction of sp³-hybridized carbons (Fsp3) is 0.188. The molecule has 0 aliphatic heterocycles. The molecule has 0 aromatic heterocycles. The van der Waals surface area contributed by atoms with Gasteiger partial charge in [-0.15, -0.1) is 0 Å². The molecule has 0 N–H and O–H groups in total. The van der Waals surface area contributed by atoms with Crippen LogP contribution in [0.2, 0.25) is 0 Å². The van der Waals surface area contributed by atoms with Crippen LogP contribution >= 0.6 is 0 Å². The molecule has 0 unspecified atom stereocenters. The molecule has 0 saturated carbocycles. The smallest absolute Gasteiger partial charge is 0.193 e. The summed E-state index contributed by atoms with van der Waals surface area (Å²) in [4.78, 5) is 14.3. The summed E-state index contributed by atoms with van der Waals surface area (Å²) < 4.78 is 5.09. The maximum absolute atomic E-state index is 12.4. The fourth-order valence-electron chi connectivity index (χ4n) is 1.83. The van der Waals surface area contributed by atoms with E-state index in [0.717, 1.165) is 11.4 Å². The maximum Gasteiger partial charge on any atom is 0.193 e. The summed E-state index contributed by atoms with van der Waals surface area (Å²) in [6.07, 6.45) is 0. The SMILES string of the molecule is COc1ccc(C(=O)c2cccc(N(C)C)c2)cc1. The summed E-state index contributed by atoms with van der Waals surface area (Å²) in [7, 11) is 5.52. The highest BCUT2D eigenvalue weighted by molar-refractivity contribution is 6.09. The van der Waals surface area contributed by atoms with E-state index < -0.39 is 0 Å². The van der Waals surface area contributed by atoms with E-state index in [4.69, 9.17) is 4.74 Å². The van der Waals surface area contributed by atoms with E-state index in [1.165, 1.54) is 0 Å². The Morgan fingerprint density at radius 2 is 1.68 bits per heavy atom. The van der Waals surface area contributed by atoms with Gasteiger partial charge in [0, 0.05) is 30.9 Å². The third-order valence-electron chi connectivity index (χ3n) is 2.98. The Balaban J connectivity index is 2.30. The van der Waals surface area contributed by atoms with Crippen LogP contribution in [0.25, 0.3) is 0 Å². The first-order valence-corrected chi connectivity index (χ1v) is 6.08. The zero-order chi connectivity index (χ0) is 13.8. The van der Waals surface area contributed by atoms with Crippen molar-refractivity contribution in [3.05, 3.63) is 59.7 Å². The van der Waals surface area contributed by atoms with Crippen molar-refractivity contribution >= 4 is 11.5 Å². The number of hydrogen-bond donors (Lipinski definition) is 0. The van der Waals surface area contributed by atoms with Gasteiger partial charge < -0.3 is 9.64 Å². The van der Waals surface area contributed by atoms with Crippen molar-refractivity contribution < 1.29 is 9.53 Å². The first kappa shape index (κ1) is 13.1. The lowest BCUT2D eigenvalue weighted by molar-refractivity contribution is 0.103. The van der Waals surface area contributed by atoms with Gasteiger partial charge in [-0.25, -0.2) is 0 Å². The molecule has 0 saturated heterocycles. The molecule has 19 heavy (non-hydrogen) atoms. The van der Waals surface area contributed by atoms with Gasteiger partial charge >= 0.3 is 0 Å².